The summed E-state index contributed by atoms with van der Waals surface area (Å²) in [6.45, 7) is 22.3. The number of carbonyl (C=O) groups is 3. The first kappa shape index (κ1) is 97.5. The number of nitrogens with zero attached hydrogens (tertiary/aromatic N) is 10. The summed E-state index contributed by atoms with van der Waals surface area (Å²) in [7, 11) is -4.19. The molecule has 0 aliphatic carbocycles. The van der Waals surface area contributed by atoms with Crippen molar-refractivity contribution in [3.05, 3.63) is 279 Å². The number of aromatic amines is 2. The molecule has 18 rings (SSSR count). The molecule has 2 aliphatic rings. The van der Waals surface area contributed by atoms with E-state index in [1.807, 2.05) is 335 Å². The number of alkyl carbamates (subject to hydrolysis) is 1. The zero-order valence-corrected chi connectivity index (χ0v) is 79.2. The van der Waals surface area contributed by atoms with Gasteiger partial charge < -0.3 is 47.3 Å². The molecular formula is C99H104B2BrN13O10P2S2. The van der Waals surface area contributed by atoms with Crippen LogP contribution in [-0.2, 0) is 41.8 Å². The van der Waals surface area contributed by atoms with Crippen molar-refractivity contribution >= 4 is 197 Å². The van der Waals surface area contributed by atoms with Crippen LogP contribution in [0.1, 0.15) is 88.0 Å². The van der Waals surface area contributed by atoms with E-state index in [9.17, 15) is 23.5 Å². The number of carbonyl (C=O) groups excluding carboxylic acids is 3. The number of benzene rings is 10. The van der Waals surface area contributed by atoms with Gasteiger partial charge in [-0.3, -0.25) is 13.9 Å². The van der Waals surface area contributed by atoms with Crippen LogP contribution in [0.25, 0.3) is 134 Å². The van der Waals surface area contributed by atoms with E-state index in [2.05, 4.69) is 37.8 Å². The molecule has 0 saturated heterocycles. The summed E-state index contributed by atoms with van der Waals surface area (Å²) in [6.07, 6.45) is 6.74. The third-order valence-electron chi connectivity index (χ3n) is 19.6. The van der Waals surface area contributed by atoms with E-state index < -0.39 is 26.8 Å². The second kappa shape index (κ2) is 48.9. The van der Waals surface area contributed by atoms with Crippen molar-refractivity contribution in [3.63, 3.8) is 0 Å². The lowest BCUT2D eigenvalue weighted by Gasteiger charge is -2.19. The van der Waals surface area contributed by atoms with Crippen LogP contribution in [0.4, 0.5) is 4.79 Å². The first-order valence-electron chi connectivity index (χ1n) is 43.0. The summed E-state index contributed by atoms with van der Waals surface area (Å²) in [4.78, 5) is 80.4. The van der Waals surface area contributed by atoms with Gasteiger partial charge >= 0.3 is 33.3 Å². The van der Waals surface area contributed by atoms with Gasteiger partial charge in [0.15, 0.2) is 23.3 Å². The molecule has 2 aliphatic heterocycles. The number of fused-ring (bicyclic) bond motifs is 30. The van der Waals surface area contributed by atoms with E-state index in [4.69, 9.17) is 63.0 Å². The zero-order valence-electron chi connectivity index (χ0n) is 74.2. The van der Waals surface area contributed by atoms with Crippen molar-refractivity contribution in [1.82, 2.24) is 64.1 Å². The number of H-pyrrole nitrogens is 2. The molecule has 0 spiro atoms. The van der Waals surface area contributed by atoms with E-state index in [-0.39, 0.29) is 19.1 Å². The second-order valence-corrected chi connectivity index (χ2v) is 35.2. The fraction of sp³-hybridized carbons (Fsp3) is 0.222. The van der Waals surface area contributed by atoms with Crippen LogP contribution in [0.15, 0.2) is 279 Å². The van der Waals surface area contributed by atoms with Gasteiger partial charge in [-0.05, 0) is 98.7 Å². The van der Waals surface area contributed by atoms with Crippen LogP contribution < -0.4 is 26.5 Å². The van der Waals surface area contributed by atoms with Crippen LogP contribution in [-0.4, -0.2) is 148 Å². The number of rotatable bonds is 25. The maximum absolute atomic E-state index is 14.9. The van der Waals surface area contributed by atoms with Gasteiger partial charge in [0.1, 0.15) is 51.8 Å². The minimum Gasteiger partial charge on any atom is -0.466 e. The minimum absolute atomic E-state index is 0.0736. The second-order valence-electron chi connectivity index (χ2n) is 27.7. The molecule has 0 unspecified atom stereocenters. The van der Waals surface area contributed by atoms with Crippen molar-refractivity contribution in [1.29, 1.82) is 0 Å². The van der Waals surface area contributed by atoms with E-state index >= 15 is 0 Å². The third-order valence-corrected chi connectivity index (χ3v) is 26.2. The lowest BCUT2D eigenvalue weighted by Crippen LogP contribution is -2.29. The standard InChI is InChI=1S/2C36H23BN6O2P.C11H19NO4S.C8H15BrO2S.4C2H6/c2*44-46(23-13-3-1-4-14-23,24-15-5-2-6-16-24)45-37-43-35-29-21-11-12-22-30(29)36(43)42-34-28-20-10-8-18-26(28)32(40-34)38-31-25-17-7-9-19-27(25)33(39-31)41-35;1-9(2)10(13)15-7-5-12-11(14)16-6-4-8-17-3;1-12-7-3-6-11-8(10)4-2-5-9;4*1-2/h2*1-22H,(H,38,39,40,41,42);1,4-8H2,2-3H3,(H,12,14);2-7H2,1H3;4*1-2H3. The minimum atomic E-state index is -3.59. The number of alkyl halides is 1. The molecule has 129 heavy (non-hydrogen) atoms. The number of nitrogens with one attached hydrogen (secondary N) is 3. The topological polar surface area (TPSA) is 288 Å². The SMILES string of the molecule is C=C(C)C(=O)OCCNC(=O)OCCCSC.CC.CC.CC.CC.CSCCCOC(=O)CCCBr.O=P(O[B]n1c2nc3nc(nc4[nH]c(nc1c1ccccc12)c1ccccc41)-c1ccccc1-3)(c1ccccc1)c1ccccc1.O=P(O[B]n1c2nc3nc(nc4[nH]c(nc1c1ccccc12)c1ccccc41)-c1ccccc1-3)(c1ccccc1)c1ccccc1. The average molecular weight is 1860 g/mol. The maximum Gasteiger partial charge on any atom is 0.452 e. The number of aromatic nitrogens is 12. The molecule has 23 nitrogen and oxygen atoms in total. The highest BCUT2D eigenvalue weighted by atomic mass is 79.9. The Labute approximate surface area is 770 Å². The molecule has 3 N–H and O–H groups in total. The highest BCUT2D eigenvalue weighted by Gasteiger charge is 2.33. The van der Waals surface area contributed by atoms with Gasteiger partial charge in [-0.2, -0.15) is 23.5 Å². The third kappa shape index (κ3) is 23.5. The monoisotopic (exact) mass is 1860 g/mol. The quantitative estimate of drug-likeness (QED) is 0.00911. The molecule has 2 radical (unpaired) electrons. The summed E-state index contributed by atoms with van der Waals surface area (Å²) in [5.74, 6) is 3.66. The smallest absolute Gasteiger partial charge is 0.452 e. The Balaban J connectivity index is 0.000000182. The normalized spacial score (nSPS) is 11.0. The molecule has 30 heteroatoms. The molecule has 0 fully saturated rings. The number of amides is 1. The Morgan fingerprint density at radius 1 is 0.388 bits per heavy atom. The predicted octanol–water partition coefficient (Wildman–Crippen LogP) is 22.4. The lowest BCUT2D eigenvalue weighted by molar-refractivity contribution is -0.143. The zero-order chi connectivity index (χ0) is 91.7. The van der Waals surface area contributed by atoms with Crippen LogP contribution >= 0.6 is 54.2 Å². The number of thioether (sulfide) groups is 2. The summed E-state index contributed by atoms with van der Waals surface area (Å²) < 4.78 is 60.9. The van der Waals surface area contributed by atoms with E-state index in [0.29, 0.717) is 115 Å². The van der Waals surface area contributed by atoms with Crippen LogP contribution in [0.5, 0.6) is 0 Å². The molecule has 1 amide bonds. The summed E-state index contributed by atoms with van der Waals surface area (Å²) in [5.41, 5.74) is 8.65. The lowest BCUT2D eigenvalue weighted by atomic mass is 10.1. The molecule has 16 aromatic rings. The predicted molar refractivity (Wildman–Crippen MR) is 539 cm³/mol. The molecule has 8 heterocycles. The van der Waals surface area contributed by atoms with Crippen molar-refractivity contribution in [2.45, 2.75) is 88.0 Å². The first-order valence-corrected chi connectivity index (χ1v) is 50.2. The van der Waals surface area contributed by atoms with Crippen molar-refractivity contribution in [3.8, 4) is 45.6 Å². The van der Waals surface area contributed by atoms with Gasteiger partial charge in [0.25, 0.3) is 0 Å². The Morgan fingerprint density at radius 2 is 0.682 bits per heavy atom. The van der Waals surface area contributed by atoms with Gasteiger partial charge in [0.2, 0.25) is 14.7 Å². The summed E-state index contributed by atoms with van der Waals surface area (Å²) in [5, 5.41) is 12.7. The maximum atomic E-state index is 14.9. The Bertz CT molecular complexity index is 6310. The largest absolute Gasteiger partial charge is 0.466 e. The van der Waals surface area contributed by atoms with Gasteiger partial charge in [-0.15, -0.1) is 0 Å². The molecule has 6 aromatic heterocycles. The molecular weight excluding hydrogens is 1760 g/mol. The Kier molecular flexibility index (Phi) is 36.9. The highest BCUT2D eigenvalue weighted by molar-refractivity contribution is 9.09. The van der Waals surface area contributed by atoms with Crippen LogP contribution in [0, 0.1) is 0 Å². The highest BCUT2D eigenvalue weighted by Crippen LogP contribution is 2.47. The van der Waals surface area contributed by atoms with E-state index in [1.165, 1.54) is 15.2 Å². The van der Waals surface area contributed by atoms with E-state index in [1.54, 1.807) is 39.4 Å². The van der Waals surface area contributed by atoms with Gasteiger partial charge in [0.05, 0.1) is 19.8 Å². The van der Waals surface area contributed by atoms with Crippen molar-refractivity contribution in [2.24, 2.45) is 0 Å². The van der Waals surface area contributed by atoms with E-state index in [0.717, 1.165) is 101 Å². The number of hydrogen-bond donors (Lipinski definition) is 3. The molecule has 10 aromatic carbocycles. The fourth-order valence-electron chi connectivity index (χ4n) is 13.7. The number of halogens is 1. The molecule has 0 atom stereocenters. The van der Waals surface area contributed by atoms with Gasteiger partial charge in [0, 0.05) is 104 Å². The Morgan fingerprint density at radius 3 is 1.01 bits per heavy atom. The van der Waals surface area contributed by atoms with Crippen LogP contribution in [0.3, 0.4) is 0 Å². The Hall–Kier alpha value is -12.1. The van der Waals surface area contributed by atoms with Crippen molar-refractivity contribution < 1.29 is 46.6 Å². The molecule has 12 bridgehead atoms. The van der Waals surface area contributed by atoms with Crippen LogP contribution in [0.2, 0.25) is 0 Å². The molecule has 0 saturated carbocycles. The van der Waals surface area contributed by atoms with Gasteiger partial charge in [-0.25, -0.2) is 49.5 Å². The number of ether oxygens (including phenoxy) is 3. The van der Waals surface area contributed by atoms with Crippen molar-refractivity contribution in [2.75, 3.05) is 55.7 Å². The number of esters is 2. The summed E-state index contributed by atoms with van der Waals surface area (Å²) >= 11 is 6.74. The average Bonchev–Trinajstić information content (AvgIpc) is 1.59. The number of hydrogen-bond acceptors (Lipinski definition) is 20. The molecule has 660 valence electrons. The fourth-order valence-corrected chi connectivity index (χ4v) is 18.6. The summed E-state index contributed by atoms with van der Waals surface area (Å²) in [6, 6.07) is 84.9. The van der Waals surface area contributed by atoms with Gasteiger partial charge in [-0.1, -0.05) is 296 Å². The first-order chi connectivity index (χ1) is 63.2.